The number of aromatic nitrogens is 2. The Kier molecular flexibility index (Phi) is 4.55. The molecule has 0 bridgehead atoms. The fourth-order valence-electron chi connectivity index (χ4n) is 1.67. The molecule has 19 heavy (non-hydrogen) atoms. The SMILES string of the molecule is CCOc1ccc(NCc2cnccn2)cc1OC. The van der Waals surface area contributed by atoms with Crippen molar-refractivity contribution >= 4 is 5.69 Å². The van der Waals surface area contributed by atoms with E-state index in [1.807, 2.05) is 25.1 Å². The molecule has 2 aromatic rings. The topological polar surface area (TPSA) is 56.3 Å². The molecule has 0 amide bonds. The van der Waals surface area contributed by atoms with Crippen molar-refractivity contribution in [2.24, 2.45) is 0 Å². The number of nitrogens with one attached hydrogen (secondary N) is 1. The highest BCUT2D eigenvalue weighted by atomic mass is 16.5. The van der Waals surface area contributed by atoms with Gasteiger partial charge in [0.05, 0.1) is 32.2 Å². The predicted octanol–water partition coefficient (Wildman–Crippen LogP) is 2.50. The van der Waals surface area contributed by atoms with Crippen LogP contribution in [0, 0.1) is 0 Å². The molecule has 5 nitrogen and oxygen atoms in total. The van der Waals surface area contributed by atoms with E-state index in [4.69, 9.17) is 9.47 Å². The molecule has 0 saturated heterocycles. The first-order valence-corrected chi connectivity index (χ1v) is 6.13. The molecule has 0 aliphatic carbocycles. The number of rotatable bonds is 6. The molecule has 0 aliphatic heterocycles. The van der Waals surface area contributed by atoms with Gasteiger partial charge in [0.25, 0.3) is 0 Å². The second-order valence-corrected chi connectivity index (χ2v) is 3.85. The van der Waals surface area contributed by atoms with Gasteiger partial charge < -0.3 is 14.8 Å². The number of nitrogens with zero attached hydrogens (tertiary/aromatic N) is 2. The molecule has 0 atom stereocenters. The van der Waals surface area contributed by atoms with Crippen LogP contribution in [0.5, 0.6) is 11.5 Å². The highest BCUT2D eigenvalue weighted by molar-refractivity contribution is 5.54. The zero-order chi connectivity index (χ0) is 13.5. The van der Waals surface area contributed by atoms with Crippen LogP contribution in [0.15, 0.2) is 36.8 Å². The Morgan fingerprint density at radius 1 is 1.21 bits per heavy atom. The van der Waals surface area contributed by atoms with Crippen LogP contribution in [0.25, 0.3) is 0 Å². The van der Waals surface area contributed by atoms with Gasteiger partial charge >= 0.3 is 0 Å². The van der Waals surface area contributed by atoms with Crippen molar-refractivity contribution in [1.82, 2.24) is 9.97 Å². The van der Waals surface area contributed by atoms with Crippen LogP contribution in [0.3, 0.4) is 0 Å². The summed E-state index contributed by atoms with van der Waals surface area (Å²) in [5, 5.41) is 3.27. The Balaban J connectivity index is 2.05. The van der Waals surface area contributed by atoms with Crippen molar-refractivity contribution in [3.8, 4) is 11.5 Å². The molecule has 0 spiro atoms. The van der Waals surface area contributed by atoms with Gasteiger partial charge in [-0.05, 0) is 19.1 Å². The van der Waals surface area contributed by atoms with Crippen molar-refractivity contribution in [3.05, 3.63) is 42.5 Å². The second kappa shape index (κ2) is 6.58. The van der Waals surface area contributed by atoms with Crippen LogP contribution in [-0.2, 0) is 6.54 Å². The zero-order valence-electron chi connectivity index (χ0n) is 11.1. The predicted molar refractivity (Wildman–Crippen MR) is 73.5 cm³/mol. The summed E-state index contributed by atoms with van der Waals surface area (Å²) in [6.07, 6.45) is 5.07. The molecule has 0 saturated carbocycles. The van der Waals surface area contributed by atoms with Gasteiger partial charge in [0.2, 0.25) is 0 Å². The van der Waals surface area contributed by atoms with Gasteiger partial charge in [0, 0.05) is 24.1 Å². The van der Waals surface area contributed by atoms with Gasteiger partial charge in [-0.25, -0.2) is 0 Å². The third-order valence-corrected chi connectivity index (χ3v) is 2.55. The molecule has 1 N–H and O–H groups in total. The normalized spacial score (nSPS) is 10.0. The number of hydrogen-bond acceptors (Lipinski definition) is 5. The van der Waals surface area contributed by atoms with E-state index < -0.39 is 0 Å². The average molecular weight is 259 g/mol. The van der Waals surface area contributed by atoms with Crippen LogP contribution < -0.4 is 14.8 Å². The minimum absolute atomic E-state index is 0.614. The lowest BCUT2D eigenvalue weighted by molar-refractivity contribution is 0.311. The summed E-state index contributed by atoms with van der Waals surface area (Å²) in [6.45, 7) is 3.17. The molecule has 1 heterocycles. The lowest BCUT2D eigenvalue weighted by Gasteiger charge is -2.12. The maximum Gasteiger partial charge on any atom is 0.162 e. The van der Waals surface area contributed by atoms with Crippen molar-refractivity contribution in [2.45, 2.75) is 13.5 Å². The Hall–Kier alpha value is -2.30. The quantitative estimate of drug-likeness (QED) is 0.863. The molecule has 0 fully saturated rings. The molecule has 1 aromatic carbocycles. The molecule has 5 heteroatoms. The van der Waals surface area contributed by atoms with E-state index in [0.717, 1.165) is 17.1 Å². The minimum Gasteiger partial charge on any atom is -0.493 e. The van der Waals surface area contributed by atoms with Crippen molar-refractivity contribution in [1.29, 1.82) is 0 Å². The van der Waals surface area contributed by atoms with E-state index in [2.05, 4.69) is 15.3 Å². The van der Waals surface area contributed by atoms with Crippen LogP contribution in [0.2, 0.25) is 0 Å². The minimum atomic E-state index is 0.614. The lowest BCUT2D eigenvalue weighted by atomic mass is 10.2. The van der Waals surface area contributed by atoms with Gasteiger partial charge in [0.15, 0.2) is 11.5 Å². The van der Waals surface area contributed by atoms with Crippen LogP contribution in [0.4, 0.5) is 5.69 Å². The first-order valence-electron chi connectivity index (χ1n) is 6.13. The number of hydrogen-bond donors (Lipinski definition) is 1. The number of methoxy groups -OCH3 is 1. The molecule has 0 radical (unpaired) electrons. The molecule has 0 aliphatic rings. The van der Waals surface area contributed by atoms with Crippen LogP contribution >= 0.6 is 0 Å². The van der Waals surface area contributed by atoms with E-state index in [1.54, 1.807) is 25.7 Å². The maximum absolute atomic E-state index is 5.47. The number of benzene rings is 1. The van der Waals surface area contributed by atoms with Gasteiger partial charge in [-0.2, -0.15) is 0 Å². The molecule has 2 rings (SSSR count). The Labute approximate surface area is 112 Å². The molecule has 0 unspecified atom stereocenters. The Bertz CT molecular complexity index is 517. The third-order valence-electron chi connectivity index (χ3n) is 2.55. The summed E-state index contributed by atoms with van der Waals surface area (Å²) >= 11 is 0. The third kappa shape index (κ3) is 3.58. The summed E-state index contributed by atoms with van der Waals surface area (Å²) in [6, 6.07) is 5.74. The lowest BCUT2D eigenvalue weighted by Crippen LogP contribution is -2.02. The molecular formula is C14H17N3O2. The number of ether oxygens (including phenoxy) is 2. The summed E-state index contributed by atoms with van der Waals surface area (Å²) in [5.74, 6) is 1.46. The van der Waals surface area contributed by atoms with Crippen LogP contribution in [-0.4, -0.2) is 23.7 Å². The van der Waals surface area contributed by atoms with Gasteiger partial charge in [0.1, 0.15) is 0 Å². The van der Waals surface area contributed by atoms with Crippen molar-refractivity contribution in [3.63, 3.8) is 0 Å². The smallest absolute Gasteiger partial charge is 0.162 e. The summed E-state index contributed by atoms with van der Waals surface area (Å²) in [5.41, 5.74) is 1.83. The summed E-state index contributed by atoms with van der Waals surface area (Å²) < 4.78 is 10.8. The fraction of sp³-hybridized carbons (Fsp3) is 0.286. The monoisotopic (exact) mass is 259 g/mol. The number of anilines is 1. The highest BCUT2D eigenvalue weighted by Crippen LogP contribution is 2.30. The maximum atomic E-state index is 5.47. The molecule has 100 valence electrons. The van der Waals surface area contributed by atoms with E-state index in [0.29, 0.717) is 18.9 Å². The summed E-state index contributed by atoms with van der Waals surface area (Å²) in [4.78, 5) is 8.22. The largest absolute Gasteiger partial charge is 0.493 e. The average Bonchev–Trinajstić information content (AvgIpc) is 2.47. The fourth-order valence-corrected chi connectivity index (χ4v) is 1.67. The van der Waals surface area contributed by atoms with E-state index in [-0.39, 0.29) is 0 Å². The summed E-state index contributed by atoms with van der Waals surface area (Å²) in [7, 11) is 1.63. The Morgan fingerprint density at radius 2 is 2.11 bits per heavy atom. The second-order valence-electron chi connectivity index (χ2n) is 3.85. The standard InChI is InChI=1S/C14H17N3O2/c1-3-19-13-5-4-11(8-14(13)18-2)17-10-12-9-15-6-7-16-12/h4-9,17H,3,10H2,1-2H3. The van der Waals surface area contributed by atoms with Crippen molar-refractivity contribution in [2.75, 3.05) is 19.0 Å². The van der Waals surface area contributed by atoms with Crippen molar-refractivity contribution < 1.29 is 9.47 Å². The Morgan fingerprint density at radius 3 is 2.79 bits per heavy atom. The van der Waals surface area contributed by atoms with E-state index >= 15 is 0 Å². The van der Waals surface area contributed by atoms with E-state index in [9.17, 15) is 0 Å². The molecule has 1 aromatic heterocycles. The zero-order valence-corrected chi connectivity index (χ0v) is 11.1. The van der Waals surface area contributed by atoms with E-state index in [1.165, 1.54) is 0 Å². The molecular weight excluding hydrogens is 242 g/mol. The highest BCUT2D eigenvalue weighted by Gasteiger charge is 2.05. The first-order chi connectivity index (χ1) is 9.33. The van der Waals surface area contributed by atoms with Crippen LogP contribution in [0.1, 0.15) is 12.6 Å². The van der Waals surface area contributed by atoms with Gasteiger partial charge in [-0.1, -0.05) is 0 Å². The first kappa shape index (κ1) is 13.1. The van der Waals surface area contributed by atoms with Gasteiger partial charge in [-0.15, -0.1) is 0 Å². The van der Waals surface area contributed by atoms with Gasteiger partial charge in [-0.3, -0.25) is 9.97 Å².